The fourth-order valence-corrected chi connectivity index (χ4v) is 7.57. The average molecular weight is 891 g/mol. The minimum absolute atomic E-state index is 0.116. The van der Waals surface area contributed by atoms with Crippen LogP contribution in [0.5, 0.6) is 0 Å². The van der Waals surface area contributed by atoms with Crippen LogP contribution in [0.15, 0.2) is 48.6 Å². The van der Waals surface area contributed by atoms with Gasteiger partial charge in [0.15, 0.2) is 6.10 Å². The van der Waals surface area contributed by atoms with Gasteiger partial charge in [0.25, 0.3) is 0 Å². The van der Waals surface area contributed by atoms with Gasteiger partial charge in [-0.2, -0.15) is 0 Å². The molecule has 1 aliphatic carbocycles. The molecule has 1 fully saturated rings. The Labute approximate surface area is 364 Å². The lowest BCUT2D eigenvalue weighted by Gasteiger charge is -2.41. The van der Waals surface area contributed by atoms with Gasteiger partial charge < -0.3 is 50.1 Å². The Morgan fingerprint density at radius 1 is 0.590 bits per heavy atom. The van der Waals surface area contributed by atoms with E-state index in [9.17, 15) is 54.8 Å². The number of aliphatic hydroxyl groups excluding tert-OH is 7. The molecule has 0 radical (unpaired) electrons. The molecule has 1 rings (SSSR count). The van der Waals surface area contributed by atoms with Gasteiger partial charge in [0.2, 0.25) is 0 Å². The standard InChI is InChI=1S/C45H79O15P/c1-3-5-7-9-11-12-13-14-15-16-17-19-25-31-38(48)57-33-37(34-58-61(55,56)60-45-43(53)41(51)40(50)42(52)44(45)54)59-39(49)32-26-30-36(47)29-24-21-20-23-28-35(46)27-22-18-10-8-6-4-2/h18,20-24,28-29,35-37,40-47,50-54H,3-17,19,25-27,30-34H2,1-2H3,(H,55,56)/b21-20+,22-18-,28-23+,29-24-/t35-,36-,37+,40?,41-,42+,43+,44+,45?/m0/s1. The second-order valence-electron chi connectivity index (χ2n) is 16.0. The predicted octanol–water partition coefficient (Wildman–Crippen LogP) is 6.33. The van der Waals surface area contributed by atoms with Crippen LogP contribution in [0, 0.1) is 0 Å². The molecule has 0 aromatic rings. The fraction of sp³-hybridized carbons (Fsp3) is 0.778. The average Bonchev–Trinajstić information content (AvgIpc) is 3.23. The molecular formula is C45H79O15P. The third kappa shape index (κ3) is 28.2. The summed E-state index contributed by atoms with van der Waals surface area (Å²) in [7, 11) is -5.19. The van der Waals surface area contributed by atoms with Crippen LogP contribution >= 0.6 is 7.82 Å². The SMILES string of the molecule is CCCCC/C=C\C[C@H](O)/C=C/C=C/C=C\[C@H](O)CCCC(=O)O[C@H](COC(=O)CCCCCCCCCCCCCCC)COP(=O)(O)OC1[C@H](O)[C@H](O)C(O)[C@H](O)[C@H]1O. The van der Waals surface area contributed by atoms with Gasteiger partial charge >= 0.3 is 19.8 Å². The largest absolute Gasteiger partial charge is 0.472 e. The molecule has 0 spiro atoms. The summed E-state index contributed by atoms with van der Waals surface area (Å²) in [5.41, 5.74) is 0. The highest BCUT2D eigenvalue weighted by Crippen LogP contribution is 2.47. The highest BCUT2D eigenvalue weighted by molar-refractivity contribution is 7.47. The van der Waals surface area contributed by atoms with Crippen LogP contribution in [0.2, 0.25) is 0 Å². The molecule has 3 unspecified atom stereocenters. The van der Waals surface area contributed by atoms with E-state index in [0.717, 1.165) is 38.5 Å². The van der Waals surface area contributed by atoms with Gasteiger partial charge in [-0.25, -0.2) is 4.57 Å². The molecule has 10 atom stereocenters. The summed E-state index contributed by atoms with van der Waals surface area (Å²) in [4.78, 5) is 35.7. The van der Waals surface area contributed by atoms with E-state index in [0.29, 0.717) is 12.8 Å². The second kappa shape index (κ2) is 35.1. The Morgan fingerprint density at radius 3 is 1.66 bits per heavy atom. The van der Waals surface area contributed by atoms with Crippen LogP contribution in [0.1, 0.15) is 155 Å². The van der Waals surface area contributed by atoms with Crippen LogP contribution in [0.25, 0.3) is 0 Å². The lowest BCUT2D eigenvalue weighted by Crippen LogP contribution is -2.64. The van der Waals surface area contributed by atoms with E-state index >= 15 is 0 Å². The minimum atomic E-state index is -5.19. The number of phosphoric acid groups is 1. The number of unbranched alkanes of at least 4 members (excludes halogenated alkanes) is 15. The summed E-state index contributed by atoms with van der Waals surface area (Å²) < 4.78 is 33.3. The molecule has 0 aliphatic heterocycles. The Morgan fingerprint density at radius 2 is 1.08 bits per heavy atom. The normalized spacial score (nSPS) is 23.5. The number of aliphatic hydroxyl groups is 7. The van der Waals surface area contributed by atoms with Crippen molar-refractivity contribution >= 4 is 19.8 Å². The molecule has 1 saturated carbocycles. The maximum absolute atomic E-state index is 12.8. The number of ether oxygens (including phenoxy) is 2. The van der Waals surface area contributed by atoms with Crippen molar-refractivity contribution in [3.05, 3.63) is 48.6 Å². The highest BCUT2D eigenvalue weighted by atomic mass is 31.2. The van der Waals surface area contributed by atoms with Gasteiger partial charge in [0.05, 0.1) is 18.8 Å². The Bertz CT molecular complexity index is 1290. The van der Waals surface area contributed by atoms with Gasteiger partial charge in [-0.1, -0.05) is 152 Å². The highest BCUT2D eigenvalue weighted by Gasteiger charge is 2.51. The van der Waals surface area contributed by atoms with Crippen LogP contribution in [0.3, 0.4) is 0 Å². The number of hydrogen-bond acceptors (Lipinski definition) is 14. The zero-order valence-corrected chi connectivity index (χ0v) is 37.6. The van der Waals surface area contributed by atoms with Gasteiger partial charge in [0, 0.05) is 12.8 Å². The smallest absolute Gasteiger partial charge is 0.462 e. The monoisotopic (exact) mass is 891 g/mol. The van der Waals surface area contributed by atoms with E-state index in [4.69, 9.17) is 18.5 Å². The number of carbonyl (C=O) groups excluding carboxylic acids is 2. The molecule has 0 saturated heterocycles. The summed E-state index contributed by atoms with van der Waals surface area (Å²) in [6.45, 7) is 3.02. The Hall–Kier alpha value is -2.27. The van der Waals surface area contributed by atoms with E-state index in [1.807, 2.05) is 6.08 Å². The van der Waals surface area contributed by atoms with E-state index in [-0.39, 0.29) is 25.7 Å². The molecule has 8 N–H and O–H groups in total. The predicted molar refractivity (Wildman–Crippen MR) is 233 cm³/mol. The first-order valence-corrected chi connectivity index (χ1v) is 24.2. The molecule has 0 aromatic carbocycles. The van der Waals surface area contributed by atoms with E-state index in [2.05, 4.69) is 19.9 Å². The fourth-order valence-electron chi connectivity index (χ4n) is 6.60. The number of esters is 2. The van der Waals surface area contributed by atoms with Crippen molar-refractivity contribution in [3.63, 3.8) is 0 Å². The number of phosphoric ester groups is 1. The quantitative estimate of drug-likeness (QED) is 0.0113. The molecule has 16 heteroatoms. The summed E-state index contributed by atoms with van der Waals surface area (Å²) in [5, 5.41) is 70.5. The Kier molecular flexibility index (Phi) is 32.7. The Balaban J connectivity index is 2.61. The zero-order valence-electron chi connectivity index (χ0n) is 36.7. The van der Waals surface area contributed by atoms with Crippen LogP contribution in [-0.4, -0.2) is 121 Å². The first-order chi connectivity index (χ1) is 29.2. The van der Waals surface area contributed by atoms with Crippen LogP contribution in [-0.2, 0) is 32.7 Å². The number of carbonyl (C=O) groups is 2. The summed E-state index contributed by atoms with van der Waals surface area (Å²) in [6, 6.07) is 0. The number of hydrogen-bond donors (Lipinski definition) is 8. The molecule has 0 heterocycles. The molecule has 61 heavy (non-hydrogen) atoms. The molecule has 0 amide bonds. The van der Waals surface area contributed by atoms with Crippen molar-refractivity contribution in [2.45, 2.75) is 210 Å². The zero-order chi connectivity index (χ0) is 45.3. The second-order valence-corrected chi connectivity index (χ2v) is 17.4. The molecule has 1 aliphatic rings. The summed E-state index contributed by atoms with van der Waals surface area (Å²) in [5.74, 6) is -1.34. The summed E-state index contributed by atoms with van der Waals surface area (Å²) >= 11 is 0. The third-order valence-corrected chi connectivity index (χ3v) is 11.3. The van der Waals surface area contributed by atoms with Crippen LogP contribution < -0.4 is 0 Å². The molecule has 0 aromatic heterocycles. The van der Waals surface area contributed by atoms with E-state index in [1.54, 1.807) is 30.4 Å². The van der Waals surface area contributed by atoms with Crippen molar-refractivity contribution in [2.75, 3.05) is 13.2 Å². The van der Waals surface area contributed by atoms with Gasteiger partial charge in [-0.3, -0.25) is 18.6 Å². The van der Waals surface area contributed by atoms with E-state index < -0.39 is 87.9 Å². The molecular weight excluding hydrogens is 811 g/mol. The first kappa shape index (κ1) is 56.7. The topological polar surface area (TPSA) is 250 Å². The van der Waals surface area contributed by atoms with Gasteiger partial charge in [0.1, 0.15) is 43.2 Å². The van der Waals surface area contributed by atoms with Crippen molar-refractivity contribution in [1.29, 1.82) is 0 Å². The van der Waals surface area contributed by atoms with Crippen LogP contribution in [0.4, 0.5) is 0 Å². The van der Waals surface area contributed by atoms with E-state index in [1.165, 1.54) is 70.3 Å². The molecule has 0 bridgehead atoms. The van der Waals surface area contributed by atoms with Crippen molar-refractivity contribution in [1.82, 2.24) is 0 Å². The third-order valence-electron chi connectivity index (χ3n) is 10.4. The van der Waals surface area contributed by atoms with Crippen molar-refractivity contribution in [2.24, 2.45) is 0 Å². The lowest BCUT2D eigenvalue weighted by atomic mass is 9.85. The summed E-state index contributed by atoms with van der Waals surface area (Å²) in [6.07, 6.45) is 19.2. The maximum Gasteiger partial charge on any atom is 0.472 e. The minimum Gasteiger partial charge on any atom is -0.462 e. The number of allylic oxidation sites excluding steroid dienone is 5. The van der Waals surface area contributed by atoms with Crippen molar-refractivity contribution in [3.8, 4) is 0 Å². The first-order valence-electron chi connectivity index (χ1n) is 22.7. The number of rotatable bonds is 36. The molecule has 354 valence electrons. The maximum atomic E-state index is 12.8. The van der Waals surface area contributed by atoms with Gasteiger partial charge in [-0.15, -0.1) is 0 Å². The molecule has 15 nitrogen and oxygen atoms in total. The van der Waals surface area contributed by atoms with Gasteiger partial charge in [-0.05, 0) is 38.5 Å². The van der Waals surface area contributed by atoms with Crippen molar-refractivity contribution < 1.29 is 73.3 Å². The lowest BCUT2D eigenvalue weighted by molar-refractivity contribution is -0.220.